The fourth-order valence-corrected chi connectivity index (χ4v) is 2.47. The molecule has 2 aliphatic rings. The van der Waals surface area contributed by atoms with E-state index < -0.39 is 21.5 Å². The Bertz CT molecular complexity index is 490. The average Bonchev–Trinajstić information content (AvgIpc) is 2.99. The van der Waals surface area contributed by atoms with Crippen LogP contribution in [0, 0.1) is 0 Å². The first-order valence-electron chi connectivity index (χ1n) is 4.77. The van der Waals surface area contributed by atoms with Gasteiger partial charge in [-0.2, -0.15) is 0 Å². The number of carbonyl (C=O) groups is 1. The topological polar surface area (TPSA) is 100 Å². The van der Waals surface area contributed by atoms with E-state index in [1.807, 2.05) is 0 Å². The van der Waals surface area contributed by atoms with Crippen LogP contribution in [-0.2, 0) is 14.8 Å². The largest absolute Gasteiger partial charge is 0.480 e. The lowest BCUT2D eigenvalue weighted by Crippen LogP contribution is -2.45. The molecule has 0 radical (unpaired) electrons. The van der Waals surface area contributed by atoms with Gasteiger partial charge < -0.3 is 5.11 Å². The predicted molar refractivity (Wildman–Crippen MR) is 56.9 cm³/mol. The van der Waals surface area contributed by atoms with Crippen LogP contribution in [0.2, 0.25) is 0 Å². The van der Waals surface area contributed by atoms with Crippen LogP contribution in [0.4, 0.5) is 0 Å². The van der Waals surface area contributed by atoms with Crippen molar-refractivity contribution >= 4 is 16.0 Å². The van der Waals surface area contributed by atoms with E-state index in [2.05, 4.69) is 0 Å². The Labute approximate surface area is 93.1 Å². The summed E-state index contributed by atoms with van der Waals surface area (Å²) in [5.41, 5.74) is -1.24. The number of nitrogens with zero attached hydrogens (tertiary/aromatic N) is 1. The molecule has 0 aromatic carbocycles. The lowest BCUT2D eigenvalue weighted by Gasteiger charge is -2.29. The predicted octanol–water partition coefficient (Wildman–Crippen LogP) is -0.742. The van der Waals surface area contributed by atoms with Gasteiger partial charge in [0, 0.05) is 13.1 Å². The highest BCUT2D eigenvalue weighted by Crippen LogP contribution is 2.33. The molecule has 0 bridgehead atoms. The molecule has 88 valence electrons. The summed E-state index contributed by atoms with van der Waals surface area (Å²) in [5.74, 6) is -1.05. The quantitative estimate of drug-likeness (QED) is 0.637. The van der Waals surface area contributed by atoms with Crippen LogP contribution in [0.15, 0.2) is 23.1 Å². The summed E-state index contributed by atoms with van der Waals surface area (Å²) in [6.07, 6.45) is 4.38. The van der Waals surface area contributed by atoms with Crippen molar-refractivity contribution < 1.29 is 18.3 Å². The monoisotopic (exact) mass is 244 g/mol. The Morgan fingerprint density at radius 2 is 2.12 bits per heavy atom. The zero-order valence-electron chi connectivity index (χ0n) is 8.46. The molecule has 1 aliphatic heterocycles. The third kappa shape index (κ3) is 1.77. The van der Waals surface area contributed by atoms with Gasteiger partial charge in [-0.1, -0.05) is 6.08 Å². The number of aliphatic carboxylic acids is 1. The van der Waals surface area contributed by atoms with E-state index in [4.69, 9.17) is 5.14 Å². The molecule has 1 saturated heterocycles. The van der Waals surface area contributed by atoms with Gasteiger partial charge in [-0.05, 0) is 18.6 Å². The molecule has 1 fully saturated rings. The second-order valence-electron chi connectivity index (χ2n) is 3.91. The Morgan fingerprint density at radius 3 is 2.56 bits per heavy atom. The van der Waals surface area contributed by atoms with E-state index in [1.165, 1.54) is 18.2 Å². The second kappa shape index (κ2) is 3.41. The van der Waals surface area contributed by atoms with Gasteiger partial charge in [0.15, 0.2) is 0 Å². The first kappa shape index (κ1) is 11.3. The maximum Gasteiger partial charge on any atom is 0.328 e. The number of sulfonamides is 1. The molecule has 0 aromatic heterocycles. The van der Waals surface area contributed by atoms with Crippen molar-refractivity contribution in [2.75, 3.05) is 13.1 Å². The van der Waals surface area contributed by atoms with Gasteiger partial charge in [0.1, 0.15) is 5.54 Å². The molecule has 0 aromatic rings. The maximum absolute atomic E-state index is 11.3. The molecule has 16 heavy (non-hydrogen) atoms. The van der Waals surface area contributed by atoms with Gasteiger partial charge in [0.2, 0.25) is 10.0 Å². The average molecular weight is 244 g/mol. The minimum absolute atomic E-state index is 0.131. The van der Waals surface area contributed by atoms with Crippen molar-refractivity contribution in [3.63, 3.8) is 0 Å². The Balaban J connectivity index is 2.47. The number of hydrogen-bond donors (Lipinski definition) is 2. The third-order valence-corrected chi connectivity index (χ3v) is 3.71. The van der Waals surface area contributed by atoms with Crippen molar-refractivity contribution in [1.29, 1.82) is 0 Å². The summed E-state index contributed by atoms with van der Waals surface area (Å²) in [5, 5.41) is 14.2. The highest BCUT2D eigenvalue weighted by atomic mass is 32.2. The Morgan fingerprint density at radius 1 is 1.50 bits per heavy atom. The van der Waals surface area contributed by atoms with Gasteiger partial charge in [0.05, 0.1) is 4.91 Å². The van der Waals surface area contributed by atoms with E-state index in [0.717, 1.165) is 0 Å². The summed E-state index contributed by atoms with van der Waals surface area (Å²) in [4.78, 5) is 12.8. The normalized spacial score (nSPS) is 29.9. The first-order chi connectivity index (χ1) is 7.36. The molecule has 7 heteroatoms. The zero-order valence-corrected chi connectivity index (χ0v) is 9.27. The molecule has 0 spiro atoms. The Kier molecular flexibility index (Phi) is 2.41. The fourth-order valence-electron chi connectivity index (χ4n) is 1.83. The molecule has 3 N–H and O–H groups in total. The highest BCUT2D eigenvalue weighted by Gasteiger charge is 2.48. The van der Waals surface area contributed by atoms with Crippen LogP contribution in [0.25, 0.3) is 0 Å². The number of allylic oxidation sites excluding steroid dienone is 1. The molecule has 1 aliphatic carbocycles. The summed E-state index contributed by atoms with van der Waals surface area (Å²) in [7, 11) is -3.85. The molecular weight excluding hydrogens is 232 g/mol. The van der Waals surface area contributed by atoms with Crippen LogP contribution >= 0.6 is 0 Å². The lowest BCUT2D eigenvalue weighted by atomic mass is 9.91. The first-order valence-corrected chi connectivity index (χ1v) is 6.31. The number of carboxylic acids is 1. The third-order valence-electron chi connectivity index (χ3n) is 2.80. The Hall–Kier alpha value is -1.18. The van der Waals surface area contributed by atoms with Crippen LogP contribution in [0.3, 0.4) is 0 Å². The van der Waals surface area contributed by atoms with Gasteiger partial charge in [-0.3, -0.25) is 4.90 Å². The number of nitrogens with two attached hydrogens (primary N) is 1. The standard InChI is InChI=1S/C9H12N2O4S/c10-16(14,15)7-2-1-3-9(6-7,8(12)13)11-4-5-11/h1-2,6H,3-5H2,(H,12,13)(H2,10,14,15). The molecule has 1 atom stereocenters. The fraction of sp³-hybridized carbons (Fsp3) is 0.444. The zero-order chi connectivity index (χ0) is 12.0. The molecule has 1 unspecified atom stereocenters. The number of carboxylic acid groups (broad SMARTS) is 1. The lowest BCUT2D eigenvalue weighted by molar-refractivity contribution is -0.145. The van der Waals surface area contributed by atoms with E-state index in [0.29, 0.717) is 13.1 Å². The summed E-state index contributed by atoms with van der Waals surface area (Å²) < 4.78 is 22.4. The molecular formula is C9H12N2O4S. The van der Waals surface area contributed by atoms with Crippen LogP contribution in [0.5, 0.6) is 0 Å². The van der Waals surface area contributed by atoms with Gasteiger partial charge in [-0.15, -0.1) is 0 Å². The van der Waals surface area contributed by atoms with Crippen molar-refractivity contribution in [3.05, 3.63) is 23.1 Å². The minimum Gasteiger partial charge on any atom is -0.480 e. The van der Waals surface area contributed by atoms with E-state index in [1.54, 1.807) is 4.90 Å². The molecule has 1 heterocycles. The van der Waals surface area contributed by atoms with Crippen LogP contribution < -0.4 is 5.14 Å². The molecule has 0 amide bonds. The summed E-state index contributed by atoms with van der Waals surface area (Å²) in [6, 6.07) is 0. The SMILES string of the molecule is NS(=O)(=O)C1=CC(C(=O)O)(N2CC2)CC=C1. The van der Waals surface area contributed by atoms with E-state index in [-0.39, 0.29) is 11.3 Å². The van der Waals surface area contributed by atoms with Crippen molar-refractivity contribution in [3.8, 4) is 0 Å². The molecule has 2 rings (SSSR count). The van der Waals surface area contributed by atoms with Crippen molar-refractivity contribution in [1.82, 2.24) is 4.90 Å². The van der Waals surface area contributed by atoms with Crippen molar-refractivity contribution in [2.24, 2.45) is 5.14 Å². The number of hydrogen-bond acceptors (Lipinski definition) is 4. The maximum atomic E-state index is 11.3. The van der Waals surface area contributed by atoms with Crippen molar-refractivity contribution in [2.45, 2.75) is 12.0 Å². The highest BCUT2D eigenvalue weighted by molar-refractivity contribution is 7.93. The number of rotatable bonds is 3. The van der Waals surface area contributed by atoms with E-state index >= 15 is 0 Å². The summed E-state index contributed by atoms with van der Waals surface area (Å²) >= 11 is 0. The molecule has 0 saturated carbocycles. The van der Waals surface area contributed by atoms with Crippen LogP contribution in [0.1, 0.15) is 6.42 Å². The van der Waals surface area contributed by atoms with Gasteiger partial charge >= 0.3 is 5.97 Å². The minimum atomic E-state index is -3.85. The van der Waals surface area contributed by atoms with Crippen LogP contribution in [-0.4, -0.2) is 43.0 Å². The second-order valence-corrected chi connectivity index (χ2v) is 5.48. The van der Waals surface area contributed by atoms with E-state index in [9.17, 15) is 18.3 Å². The summed E-state index contributed by atoms with van der Waals surface area (Å²) in [6.45, 7) is 1.32. The molecule has 6 nitrogen and oxygen atoms in total. The van der Waals surface area contributed by atoms with Gasteiger partial charge in [0.25, 0.3) is 0 Å². The van der Waals surface area contributed by atoms with Gasteiger partial charge in [-0.25, -0.2) is 18.4 Å². The smallest absolute Gasteiger partial charge is 0.328 e. The number of primary sulfonamides is 1.